The molecule has 1 aromatic heterocycles. The van der Waals surface area contributed by atoms with Crippen LogP contribution >= 0.6 is 0 Å². The van der Waals surface area contributed by atoms with E-state index in [1.807, 2.05) is 24.1 Å². The number of aryl methyl sites for hydroxylation is 1. The van der Waals surface area contributed by atoms with E-state index < -0.39 is 0 Å². The Morgan fingerprint density at radius 2 is 2.17 bits per heavy atom. The molecule has 0 aliphatic rings. The van der Waals surface area contributed by atoms with Crippen molar-refractivity contribution in [2.45, 2.75) is 32.9 Å². The summed E-state index contributed by atoms with van der Waals surface area (Å²) in [4.78, 5) is 2.25. The van der Waals surface area contributed by atoms with Crippen molar-refractivity contribution in [3.05, 3.63) is 30.1 Å². The second-order valence-electron chi connectivity index (χ2n) is 6.05. The Labute approximate surface area is 111 Å². The molecule has 102 valence electrons. The largest absolute Gasteiger partial charge is 0.308 e. The second kappa shape index (κ2) is 6.16. The predicted molar refractivity (Wildman–Crippen MR) is 76.4 cm³/mol. The molecule has 0 saturated carbocycles. The minimum atomic E-state index is 0.144. The highest BCUT2D eigenvalue weighted by molar-refractivity contribution is 5.06. The summed E-state index contributed by atoms with van der Waals surface area (Å²) in [6.45, 7) is 13.3. The zero-order chi connectivity index (χ0) is 13.8. The maximum absolute atomic E-state index is 4.17. The van der Waals surface area contributed by atoms with E-state index in [4.69, 9.17) is 0 Å². The molecule has 0 unspecified atom stereocenters. The zero-order valence-corrected chi connectivity index (χ0v) is 12.3. The van der Waals surface area contributed by atoms with E-state index in [0.29, 0.717) is 0 Å². The molecule has 0 aliphatic heterocycles. The third kappa shape index (κ3) is 5.98. The van der Waals surface area contributed by atoms with Gasteiger partial charge in [0.25, 0.3) is 0 Å². The quantitative estimate of drug-likeness (QED) is 0.782. The van der Waals surface area contributed by atoms with Gasteiger partial charge in [0.15, 0.2) is 0 Å². The topological polar surface area (TPSA) is 33.1 Å². The third-order valence-electron chi connectivity index (χ3n) is 2.57. The van der Waals surface area contributed by atoms with Crippen molar-refractivity contribution in [3.63, 3.8) is 0 Å². The first kappa shape index (κ1) is 14.9. The summed E-state index contributed by atoms with van der Waals surface area (Å²) in [5, 5.41) is 7.62. The summed E-state index contributed by atoms with van der Waals surface area (Å²) in [6.07, 6.45) is 3.96. The molecule has 0 saturated heterocycles. The van der Waals surface area contributed by atoms with Gasteiger partial charge in [0.05, 0.1) is 6.20 Å². The van der Waals surface area contributed by atoms with E-state index in [0.717, 1.165) is 19.6 Å². The number of aromatic nitrogens is 2. The normalized spacial score (nSPS) is 12.1. The van der Waals surface area contributed by atoms with Crippen molar-refractivity contribution >= 4 is 0 Å². The average Bonchev–Trinajstić information content (AvgIpc) is 2.59. The molecular formula is C14H26N4. The standard InChI is InChI=1S/C14H26N4/c1-12(7-15-14(2,3)4)9-17(5)10-13-8-16-18(6)11-13/h8,11,15H,1,7,9-10H2,2-6H3. The Bertz CT molecular complexity index is 387. The van der Waals surface area contributed by atoms with Crippen molar-refractivity contribution in [3.8, 4) is 0 Å². The third-order valence-corrected chi connectivity index (χ3v) is 2.57. The monoisotopic (exact) mass is 250 g/mol. The van der Waals surface area contributed by atoms with Crippen LogP contribution < -0.4 is 5.32 Å². The summed E-state index contributed by atoms with van der Waals surface area (Å²) in [5.41, 5.74) is 2.58. The molecule has 0 fully saturated rings. The van der Waals surface area contributed by atoms with E-state index in [9.17, 15) is 0 Å². The molecular weight excluding hydrogens is 224 g/mol. The molecule has 0 radical (unpaired) electrons. The highest BCUT2D eigenvalue weighted by atomic mass is 15.2. The molecule has 0 spiro atoms. The highest BCUT2D eigenvalue weighted by Gasteiger charge is 2.10. The number of nitrogens with one attached hydrogen (secondary N) is 1. The Morgan fingerprint density at radius 1 is 1.50 bits per heavy atom. The fourth-order valence-electron chi connectivity index (χ4n) is 1.75. The molecule has 0 amide bonds. The van der Waals surface area contributed by atoms with E-state index in [2.05, 4.69) is 49.7 Å². The van der Waals surface area contributed by atoms with Crippen molar-refractivity contribution < 1.29 is 0 Å². The molecule has 4 heteroatoms. The van der Waals surface area contributed by atoms with Crippen LogP contribution in [0.2, 0.25) is 0 Å². The summed E-state index contributed by atoms with van der Waals surface area (Å²) in [6, 6.07) is 0. The number of likely N-dealkylation sites (N-methyl/N-ethyl adjacent to an activating group) is 1. The summed E-state index contributed by atoms with van der Waals surface area (Å²) < 4.78 is 1.83. The van der Waals surface area contributed by atoms with Gasteiger partial charge >= 0.3 is 0 Å². The number of rotatable bonds is 6. The first-order valence-electron chi connectivity index (χ1n) is 6.34. The van der Waals surface area contributed by atoms with Crippen molar-refractivity contribution in [2.24, 2.45) is 7.05 Å². The lowest BCUT2D eigenvalue weighted by Crippen LogP contribution is -2.38. The van der Waals surface area contributed by atoms with Gasteiger partial charge in [-0.05, 0) is 33.4 Å². The smallest absolute Gasteiger partial charge is 0.0534 e. The molecule has 0 aromatic carbocycles. The van der Waals surface area contributed by atoms with Crippen LogP contribution in [-0.4, -0.2) is 40.4 Å². The molecule has 0 bridgehead atoms. The van der Waals surface area contributed by atoms with E-state index in [1.165, 1.54) is 11.1 Å². The van der Waals surface area contributed by atoms with Crippen molar-refractivity contribution in [1.29, 1.82) is 0 Å². The molecule has 0 aliphatic carbocycles. The van der Waals surface area contributed by atoms with Crippen LogP contribution in [0, 0.1) is 0 Å². The van der Waals surface area contributed by atoms with Gasteiger partial charge in [-0.2, -0.15) is 5.10 Å². The fourth-order valence-corrected chi connectivity index (χ4v) is 1.75. The molecule has 1 N–H and O–H groups in total. The molecule has 4 nitrogen and oxygen atoms in total. The molecule has 1 heterocycles. The van der Waals surface area contributed by atoms with E-state index in [-0.39, 0.29) is 5.54 Å². The minimum Gasteiger partial charge on any atom is -0.308 e. The van der Waals surface area contributed by atoms with Gasteiger partial charge in [0, 0.05) is 44.0 Å². The predicted octanol–water partition coefficient (Wildman–Crippen LogP) is 1.80. The van der Waals surface area contributed by atoms with Gasteiger partial charge in [-0.25, -0.2) is 0 Å². The number of nitrogens with zero attached hydrogens (tertiary/aromatic N) is 3. The number of hydrogen-bond donors (Lipinski definition) is 1. The molecule has 1 aromatic rings. The van der Waals surface area contributed by atoms with Gasteiger partial charge in [-0.15, -0.1) is 0 Å². The Kier molecular flexibility index (Phi) is 5.11. The van der Waals surface area contributed by atoms with Crippen molar-refractivity contribution in [2.75, 3.05) is 20.1 Å². The summed E-state index contributed by atoms with van der Waals surface area (Å²) >= 11 is 0. The average molecular weight is 250 g/mol. The van der Waals surface area contributed by atoms with Crippen LogP contribution in [0.15, 0.2) is 24.5 Å². The number of hydrogen-bond acceptors (Lipinski definition) is 3. The Morgan fingerprint density at radius 3 is 2.67 bits per heavy atom. The van der Waals surface area contributed by atoms with Gasteiger partial charge < -0.3 is 5.32 Å². The first-order valence-corrected chi connectivity index (χ1v) is 6.34. The summed E-state index contributed by atoms with van der Waals surface area (Å²) in [7, 11) is 4.05. The zero-order valence-electron chi connectivity index (χ0n) is 12.3. The summed E-state index contributed by atoms with van der Waals surface area (Å²) in [5.74, 6) is 0. The maximum Gasteiger partial charge on any atom is 0.0534 e. The lowest BCUT2D eigenvalue weighted by atomic mass is 10.1. The lowest BCUT2D eigenvalue weighted by Gasteiger charge is -2.23. The van der Waals surface area contributed by atoms with Crippen LogP contribution in [0.1, 0.15) is 26.3 Å². The SMILES string of the molecule is C=C(CNC(C)(C)C)CN(C)Cc1cnn(C)c1. The molecule has 0 atom stereocenters. The van der Waals surface area contributed by atoms with Crippen molar-refractivity contribution in [1.82, 2.24) is 20.0 Å². The van der Waals surface area contributed by atoms with Crippen LogP contribution in [-0.2, 0) is 13.6 Å². The van der Waals surface area contributed by atoms with Crippen LogP contribution in [0.3, 0.4) is 0 Å². The van der Waals surface area contributed by atoms with E-state index in [1.54, 1.807) is 0 Å². The first-order chi connectivity index (χ1) is 8.26. The second-order valence-corrected chi connectivity index (χ2v) is 6.05. The lowest BCUT2D eigenvalue weighted by molar-refractivity contribution is 0.346. The minimum absolute atomic E-state index is 0.144. The van der Waals surface area contributed by atoms with Gasteiger partial charge in [-0.3, -0.25) is 9.58 Å². The van der Waals surface area contributed by atoms with Gasteiger partial charge in [0.2, 0.25) is 0 Å². The van der Waals surface area contributed by atoms with Crippen LogP contribution in [0.4, 0.5) is 0 Å². The van der Waals surface area contributed by atoms with Gasteiger partial charge in [-0.1, -0.05) is 6.58 Å². The molecule has 18 heavy (non-hydrogen) atoms. The Balaban J connectivity index is 2.31. The Hall–Kier alpha value is -1.13. The molecule has 1 rings (SSSR count). The maximum atomic E-state index is 4.17. The highest BCUT2D eigenvalue weighted by Crippen LogP contribution is 2.04. The van der Waals surface area contributed by atoms with Crippen LogP contribution in [0.25, 0.3) is 0 Å². The van der Waals surface area contributed by atoms with Crippen LogP contribution in [0.5, 0.6) is 0 Å². The van der Waals surface area contributed by atoms with E-state index >= 15 is 0 Å². The van der Waals surface area contributed by atoms with Gasteiger partial charge in [0.1, 0.15) is 0 Å². The fraction of sp³-hybridized carbons (Fsp3) is 0.643.